The maximum atomic E-state index is 13.1. The van der Waals surface area contributed by atoms with Crippen molar-refractivity contribution in [2.45, 2.75) is 44.8 Å². The van der Waals surface area contributed by atoms with Crippen LogP contribution >= 0.6 is 11.3 Å². The molecular formula is C19H22N2O2S. The quantitative estimate of drug-likeness (QED) is 0.793. The normalized spacial score (nSPS) is 23.0. The number of hydrogen-bond donors (Lipinski definition) is 0. The molecule has 4 nitrogen and oxygen atoms in total. The maximum Gasteiger partial charge on any atom is 0.265 e. The van der Waals surface area contributed by atoms with Crippen molar-refractivity contribution in [3.63, 3.8) is 0 Å². The van der Waals surface area contributed by atoms with Crippen LogP contribution in [0.2, 0.25) is 0 Å². The summed E-state index contributed by atoms with van der Waals surface area (Å²) in [4.78, 5) is 20.2. The topological polar surface area (TPSA) is 42.4 Å². The van der Waals surface area contributed by atoms with Gasteiger partial charge < -0.3 is 9.64 Å². The van der Waals surface area contributed by atoms with Gasteiger partial charge in [0.05, 0.1) is 24.4 Å². The molecule has 4 rings (SSSR count). The average Bonchev–Trinajstić information content (AvgIpc) is 3.27. The molecule has 2 aromatic rings. The molecule has 1 aromatic carbocycles. The number of nitrogens with zero attached hydrogens (tertiary/aromatic N) is 2. The smallest absolute Gasteiger partial charge is 0.265 e. The predicted molar refractivity (Wildman–Crippen MR) is 94.2 cm³/mol. The number of ether oxygens (including phenoxy) is 1. The highest BCUT2D eigenvalue weighted by Gasteiger charge is 2.47. The third-order valence-electron chi connectivity index (χ3n) is 5.00. The van der Waals surface area contributed by atoms with Gasteiger partial charge in [0, 0.05) is 12.0 Å². The van der Waals surface area contributed by atoms with E-state index in [1.807, 2.05) is 11.0 Å². The zero-order valence-electron chi connectivity index (χ0n) is 14.3. The molecule has 1 atom stereocenters. The van der Waals surface area contributed by atoms with Gasteiger partial charge in [-0.3, -0.25) is 4.79 Å². The second kappa shape index (κ2) is 5.39. The molecule has 0 unspecified atom stereocenters. The molecule has 0 saturated carbocycles. The Kier molecular flexibility index (Phi) is 3.55. The molecule has 1 saturated heterocycles. The van der Waals surface area contributed by atoms with Crippen molar-refractivity contribution in [3.05, 3.63) is 51.5 Å². The number of aromatic nitrogens is 1. The number of carbonyl (C=O) groups is 1. The number of rotatable bonds is 1. The molecule has 0 N–H and O–H groups in total. The van der Waals surface area contributed by atoms with Gasteiger partial charge in [-0.25, -0.2) is 4.98 Å². The molecule has 3 heterocycles. The zero-order chi connectivity index (χ0) is 16.9. The number of hydrogen-bond acceptors (Lipinski definition) is 4. The molecular weight excluding hydrogens is 320 g/mol. The van der Waals surface area contributed by atoms with Gasteiger partial charge in [-0.1, -0.05) is 45.0 Å². The van der Waals surface area contributed by atoms with Gasteiger partial charge in [0.1, 0.15) is 10.5 Å². The molecule has 1 aromatic heterocycles. The summed E-state index contributed by atoms with van der Waals surface area (Å²) < 4.78 is 6.16. The van der Waals surface area contributed by atoms with Crippen molar-refractivity contribution in [1.82, 2.24) is 9.88 Å². The van der Waals surface area contributed by atoms with Gasteiger partial charge in [0.2, 0.25) is 0 Å². The van der Waals surface area contributed by atoms with Crippen molar-refractivity contribution in [3.8, 4) is 0 Å². The van der Waals surface area contributed by atoms with Gasteiger partial charge in [-0.2, -0.15) is 0 Å². The lowest BCUT2D eigenvalue weighted by Gasteiger charge is -2.25. The molecule has 1 fully saturated rings. The first-order valence-corrected chi connectivity index (χ1v) is 9.24. The van der Waals surface area contributed by atoms with Crippen LogP contribution in [0.3, 0.4) is 0 Å². The highest BCUT2D eigenvalue weighted by atomic mass is 32.1. The summed E-state index contributed by atoms with van der Waals surface area (Å²) >= 11 is 1.44. The molecule has 1 spiro atoms. The summed E-state index contributed by atoms with van der Waals surface area (Å²) in [6, 6.07) is 8.37. The highest BCUT2D eigenvalue weighted by Crippen LogP contribution is 2.44. The second-order valence-electron chi connectivity index (χ2n) is 7.70. The molecule has 0 bridgehead atoms. The Morgan fingerprint density at radius 3 is 2.92 bits per heavy atom. The van der Waals surface area contributed by atoms with Crippen LogP contribution in [-0.4, -0.2) is 28.9 Å². The lowest BCUT2D eigenvalue weighted by Crippen LogP contribution is -2.35. The predicted octanol–water partition coefficient (Wildman–Crippen LogP) is 3.71. The number of fused-ring (bicyclic) bond motifs is 2. The first-order chi connectivity index (χ1) is 11.4. The van der Waals surface area contributed by atoms with Crippen LogP contribution in [-0.2, 0) is 22.4 Å². The molecule has 24 heavy (non-hydrogen) atoms. The van der Waals surface area contributed by atoms with Crippen molar-refractivity contribution in [2.24, 2.45) is 0 Å². The Bertz CT molecular complexity index is 793. The van der Waals surface area contributed by atoms with E-state index < -0.39 is 0 Å². The molecule has 0 radical (unpaired) electrons. The third-order valence-corrected chi connectivity index (χ3v) is 5.82. The maximum absolute atomic E-state index is 13.1. The minimum Gasteiger partial charge on any atom is -0.364 e. The van der Waals surface area contributed by atoms with E-state index in [9.17, 15) is 4.79 Å². The Labute approximate surface area is 146 Å². The van der Waals surface area contributed by atoms with E-state index in [4.69, 9.17) is 4.74 Å². The van der Waals surface area contributed by atoms with Gasteiger partial charge in [0.25, 0.3) is 5.91 Å². The van der Waals surface area contributed by atoms with Crippen LogP contribution in [0.5, 0.6) is 0 Å². The van der Waals surface area contributed by atoms with Crippen molar-refractivity contribution < 1.29 is 9.53 Å². The standard InChI is InChI=1S/C19H22N2O2S/c1-18(2,3)16-15(24-12-20-16)17(22)21-9-8-19(11-21)14-7-5-4-6-13(14)10-23-19/h4-7,12H,8-11H2,1-3H3/t19-/m1/s1. The molecule has 2 aliphatic heterocycles. The van der Waals surface area contributed by atoms with Crippen LogP contribution in [0.15, 0.2) is 29.8 Å². The van der Waals surface area contributed by atoms with E-state index in [1.165, 1.54) is 22.5 Å². The Morgan fingerprint density at radius 1 is 1.33 bits per heavy atom. The number of benzene rings is 1. The monoisotopic (exact) mass is 342 g/mol. The minimum atomic E-state index is -0.321. The minimum absolute atomic E-state index is 0.0901. The SMILES string of the molecule is CC(C)(C)c1ncsc1C(=O)N1CC[C@]2(C1)OCc1ccccc12. The summed E-state index contributed by atoms with van der Waals surface area (Å²) in [5, 5.41) is 0. The fraction of sp³-hybridized carbons (Fsp3) is 0.474. The van der Waals surface area contributed by atoms with Crippen LogP contribution in [0.25, 0.3) is 0 Å². The molecule has 126 valence electrons. The van der Waals surface area contributed by atoms with Crippen molar-refractivity contribution >= 4 is 17.2 Å². The van der Waals surface area contributed by atoms with Crippen LogP contribution in [0.1, 0.15) is 53.7 Å². The fourth-order valence-electron chi connectivity index (χ4n) is 3.75. The summed E-state index contributed by atoms with van der Waals surface area (Å²) in [6.45, 7) is 8.30. The number of likely N-dealkylation sites (tertiary alicyclic amines) is 1. The van der Waals surface area contributed by atoms with Gasteiger partial charge in [-0.05, 0) is 17.5 Å². The zero-order valence-corrected chi connectivity index (χ0v) is 15.2. The summed E-state index contributed by atoms with van der Waals surface area (Å²) in [5.41, 5.74) is 4.73. The largest absolute Gasteiger partial charge is 0.364 e. The van der Waals surface area contributed by atoms with E-state index in [-0.39, 0.29) is 16.9 Å². The first kappa shape index (κ1) is 15.8. The van der Waals surface area contributed by atoms with E-state index >= 15 is 0 Å². The Balaban J connectivity index is 1.61. The summed E-state index contributed by atoms with van der Waals surface area (Å²) in [5.74, 6) is 0.0901. The first-order valence-electron chi connectivity index (χ1n) is 8.36. The van der Waals surface area contributed by atoms with Crippen LogP contribution < -0.4 is 0 Å². The summed E-state index contributed by atoms with van der Waals surface area (Å²) in [6.07, 6.45) is 0.861. The van der Waals surface area contributed by atoms with Crippen molar-refractivity contribution in [2.75, 3.05) is 13.1 Å². The van der Waals surface area contributed by atoms with Gasteiger partial charge in [-0.15, -0.1) is 11.3 Å². The van der Waals surface area contributed by atoms with Gasteiger partial charge in [0.15, 0.2) is 0 Å². The Morgan fingerprint density at radius 2 is 2.12 bits per heavy atom. The highest BCUT2D eigenvalue weighted by molar-refractivity contribution is 7.11. The number of carbonyl (C=O) groups excluding carboxylic acids is 1. The number of amides is 1. The van der Waals surface area contributed by atoms with E-state index in [0.29, 0.717) is 13.2 Å². The lowest BCUT2D eigenvalue weighted by molar-refractivity contribution is -0.0282. The second-order valence-corrected chi connectivity index (χ2v) is 8.55. The number of thiazole rings is 1. The third kappa shape index (κ3) is 2.38. The van der Waals surface area contributed by atoms with E-state index in [2.05, 4.69) is 44.0 Å². The molecule has 1 amide bonds. The van der Waals surface area contributed by atoms with E-state index in [0.717, 1.165) is 23.5 Å². The molecule has 5 heteroatoms. The van der Waals surface area contributed by atoms with Crippen LogP contribution in [0, 0.1) is 0 Å². The molecule has 0 aliphatic carbocycles. The summed E-state index contributed by atoms with van der Waals surface area (Å²) in [7, 11) is 0. The lowest BCUT2D eigenvalue weighted by atomic mass is 9.91. The fourth-order valence-corrected chi connectivity index (χ4v) is 4.72. The van der Waals surface area contributed by atoms with E-state index in [1.54, 1.807) is 5.51 Å². The Hall–Kier alpha value is -1.72. The molecule has 2 aliphatic rings. The van der Waals surface area contributed by atoms with Crippen LogP contribution in [0.4, 0.5) is 0 Å². The van der Waals surface area contributed by atoms with Gasteiger partial charge >= 0.3 is 0 Å². The average molecular weight is 342 g/mol. The van der Waals surface area contributed by atoms with Crippen molar-refractivity contribution in [1.29, 1.82) is 0 Å².